The van der Waals surface area contributed by atoms with Crippen molar-refractivity contribution in [1.82, 2.24) is 19.2 Å². The number of hydrogen-bond donors (Lipinski definition) is 2. The van der Waals surface area contributed by atoms with Crippen LogP contribution in [0.3, 0.4) is 0 Å². The molecule has 11 nitrogen and oxygen atoms in total. The molecule has 0 aromatic heterocycles. The van der Waals surface area contributed by atoms with E-state index in [4.69, 9.17) is 21.1 Å². The molecule has 1 unspecified atom stereocenters. The van der Waals surface area contributed by atoms with Crippen molar-refractivity contribution in [2.45, 2.75) is 49.9 Å². The Balaban J connectivity index is 1.62. The lowest BCUT2D eigenvalue weighted by Crippen LogP contribution is -2.55. The summed E-state index contributed by atoms with van der Waals surface area (Å²) in [6.07, 6.45) is -2.39. The topological polar surface area (TPSA) is 134 Å². The van der Waals surface area contributed by atoms with Gasteiger partial charge in [0.2, 0.25) is 11.8 Å². The van der Waals surface area contributed by atoms with E-state index in [0.717, 1.165) is 16.4 Å². The summed E-state index contributed by atoms with van der Waals surface area (Å²) in [6.45, 7) is 0.866. The molecule has 5 rings (SSSR count). The van der Waals surface area contributed by atoms with Crippen LogP contribution in [0, 0.1) is 5.82 Å². The molecule has 1 saturated heterocycles. The van der Waals surface area contributed by atoms with Gasteiger partial charge in [0.05, 0.1) is 13.7 Å². The third-order valence-corrected chi connectivity index (χ3v) is 10.4. The summed E-state index contributed by atoms with van der Waals surface area (Å²) in [5, 5.41) is 5.08. The predicted molar refractivity (Wildman–Crippen MR) is 168 cm³/mol. The predicted octanol–water partition coefficient (Wildman–Crippen LogP) is 5.06. The average molecular weight is 709 g/mol. The van der Waals surface area contributed by atoms with E-state index in [1.165, 1.54) is 44.4 Å². The number of alkyl halides is 2. The van der Waals surface area contributed by atoms with Crippen molar-refractivity contribution >= 4 is 39.7 Å². The fraction of sp³-hybridized carbons (Fsp3) is 0.344. The Bertz CT molecular complexity index is 1790. The van der Waals surface area contributed by atoms with Crippen molar-refractivity contribution in [3.8, 4) is 5.75 Å². The Morgan fingerprint density at radius 3 is 2.31 bits per heavy atom. The van der Waals surface area contributed by atoms with Crippen LogP contribution in [-0.4, -0.2) is 67.2 Å². The molecular weight excluding hydrogens is 677 g/mol. The standard InChI is InChI=1S/C32H32ClF3N4O7S/c1-19(20-10-12-24(46-2)13-11-20)40(48(44,45)39-14-15-47-31(39)43)28(21-6-5-7-22(34)16-21)30(42)38-27(25-8-3-4-9-26(25)33)29(41)37-23-17-32(35,36)18-23/h3-13,16,19,23,27-28H,14-15,17-18H2,1-2H3,(H,37,41)(H,38,42)/t19-,27+,28?/m0/s1. The monoisotopic (exact) mass is 708 g/mol. The summed E-state index contributed by atoms with van der Waals surface area (Å²) in [5.41, 5.74) is 0.322. The summed E-state index contributed by atoms with van der Waals surface area (Å²) in [7, 11) is -3.46. The van der Waals surface area contributed by atoms with E-state index in [-0.39, 0.29) is 29.3 Å². The molecule has 1 aliphatic carbocycles. The molecule has 1 saturated carbocycles. The lowest BCUT2D eigenvalue weighted by molar-refractivity contribution is -0.136. The van der Waals surface area contributed by atoms with Crippen LogP contribution in [0.25, 0.3) is 0 Å². The molecular formula is C32H32ClF3N4O7S. The molecule has 2 aliphatic rings. The maximum atomic E-state index is 14.7. The van der Waals surface area contributed by atoms with Crippen molar-refractivity contribution in [2.24, 2.45) is 0 Å². The summed E-state index contributed by atoms with van der Waals surface area (Å²) >= 11 is 6.41. The Morgan fingerprint density at radius 1 is 1.04 bits per heavy atom. The fourth-order valence-corrected chi connectivity index (χ4v) is 7.67. The number of nitrogens with zero attached hydrogens (tertiary/aromatic N) is 2. The Morgan fingerprint density at radius 2 is 1.73 bits per heavy atom. The van der Waals surface area contributed by atoms with Gasteiger partial charge in [-0.1, -0.05) is 54.1 Å². The van der Waals surface area contributed by atoms with Crippen LogP contribution in [-0.2, 0) is 24.5 Å². The van der Waals surface area contributed by atoms with Gasteiger partial charge in [0.1, 0.15) is 30.3 Å². The number of rotatable bonds is 12. The van der Waals surface area contributed by atoms with Crippen LogP contribution in [0.2, 0.25) is 5.02 Å². The van der Waals surface area contributed by atoms with Crippen LogP contribution < -0.4 is 15.4 Å². The second kappa shape index (κ2) is 14.0. The molecule has 48 heavy (non-hydrogen) atoms. The van der Waals surface area contributed by atoms with Gasteiger partial charge in [-0.05, 0) is 48.4 Å². The second-order valence-corrected chi connectivity index (χ2v) is 13.5. The quantitative estimate of drug-likeness (QED) is 0.269. The first-order valence-electron chi connectivity index (χ1n) is 14.8. The molecule has 3 aromatic rings. The van der Waals surface area contributed by atoms with Gasteiger partial charge in [-0.25, -0.2) is 18.0 Å². The van der Waals surface area contributed by atoms with Gasteiger partial charge in [0.15, 0.2) is 0 Å². The van der Waals surface area contributed by atoms with Crippen LogP contribution in [0.15, 0.2) is 72.8 Å². The zero-order chi connectivity index (χ0) is 34.8. The number of carbonyl (C=O) groups excluding carboxylic acids is 3. The molecule has 256 valence electrons. The van der Waals surface area contributed by atoms with Gasteiger partial charge < -0.3 is 20.1 Å². The number of ether oxygens (including phenoxy) is 2. The zero-order valence-corrected chi connectivity index (χ0v) is 27.3. The number of halogens is 4. The Kier molecular flexibility index (Phi) is 10.2. The lowest BCUT2D eigenvalue weighted by Gasteiger charge is -2.38. The molecule has 0 bridgehead atoms. The SMILES string of the molecule is COc1ccc([C@H](C)N(C(C(=O)N[C@@H](C(=O)NC2CC(F)(F)C2)c2ccccc2Cl)c2cccc(F)c2)S(=O)(=O)N2CCOC2=O)cc1. The molecule has 3 aromatic carbocycles. The van der Waals surface area contributed by atoms with E-state index >= 15 is 0 Å². The highest BCUT2D eigenvalue weighted by molar-refractivity contribution is 7.87. The number of carbonyl (C=O) groups is 3. The summed E-state index contributed by atoms with van der Waals surface area (Å²) < 4.78 is 82.0. The molecule has 2 N–H and O–H groups in total. The maximum Gasteiger partial charge on any atom is 0.424 e. The molecule has 0 radical (unpaired) electrons. The first kappa shape index (κ1) is 35.0. The number of amides is 3. The largest absolute Gasteiger partial charge is 0.497 e. The first-order chi connectivity index (χ1) is 22.7. The number of nitrogens with one attached hydrogen (secondary N) is 2. The van der Waals surface area contributed by atoms with E-state index in [1.54, 1.807) is 30.3 Å². The number of benzene rings is 3. The van der Waals surface area contributed by atoms with Gasteiger partial charge in [0.25, 0.3) is 5.92 Å². The third-order valence-electron chi connectivity index (χ3n) is 8.12. The molecule has 3 amide bonds. The second-order valence-electron chi connectivity index (χ2n) is 11.4. The number of methoxy groups -OCH3 is 1. The van der Waals surface area contributed by atoms with Gasteiger partial charge in [0, 0.05) is 35.5 Å². The Labute approximate surface area is 280 Å². The minimum Gasteiger partial charge on any atom is -0.497 e. The number of hydrogen-bond acceptors (Lipinski definition) is 7. The average Bonchev–Trinajstić information content (AvgIpc) is 3.48. The van der Waals surface area contributed by atoms with Crippen LogP contribution >= 0.6 is 11.6 Å². The minimum atomic E-state index is -4.91. The molecule has 0 spiro atoms. The van der Waals surface area contributed by atoms with E-state index in [9.17, 15) is 36.0 Å². The lowest BCUT2D eigenvalue weighted by atomic mass is 9.88. The van der Waals surface area contributed by atoms with E-state index < -0.39 is 76.9 Å². The van der Waals surface area contributed by atoms with Crippen LogP contribution in [0.4, 0.5) is 18.0 Å². The Hall–Kier alpha value is -4.34. The van der Waals surface area contributed by atoms with Gasteiger partial charge in [-0.15, -0.1) is 0 Å². The van der Waals surface area contributed by atoms with E-state index in [2.05, 4.69) is 10.6 Å². The molecule has 1 heterocycles. The highest BCUT2D eigenvalue weighted by Crippen LogP contribution is 2.39. The van der Waals surface area contributed by atoms with Crippen LogP contribution in [0.5, 0.6) is 5.75 Å². The van der Waals surface area contributed by atoms with Gasteiger partial charge >= 0.3 is 16.3 Å². The zero-order valence-electron chi connectivity index (χ0n) is 25.7. The van der Waals surface area contributed by atoms with Crippen molar-refractivity contribution in [3.05, 3.63) is 100 Å². The fourth-order valence-electron chi connectivity index (χ4n) is 5.64. The van der Waals surface area contributed by atoms with Crippen molar-refractivity contribution in [3.63, 3.8) is 0 Å². The maximum absolute atomic E-state index is 14.7. The highest BCUT2D eigenvalue weighted by atomic mass is 35.5. The van der Waals surface area contributed by atoms with Gasteiger partial charge in [-0.3, -0.25) is 9.59 Å². The molecule has 3 atom stereocenters. The van der Waals surface area contributed by atoms with Gasteiger partial charge in [-0.2, -0.15) is 17.0 Å². The third kappa shape index (κ3) is 7.37. The minimum absolute atomic E-state index is 0.0510. The molecule has 1 aliphatic heterocycles. The highest BCUT2D eigenvalue weighted by Gasteiger charge is 2.49. The van der Waals surface area contributed by atoms with Crippen LogP contribution in [0.1, 0.15) is 54.6 Å². The van der Waals surface area contributed by atoms with E-state index in [0.29, 0.717) is 15.6 Å². The van der Waals surface area contributed by atoms with Crippen molar-refractivity contribution in [1.29, 1.82) is 0 Å². The smallest absolute Gasteiger partial charge is 0.424 e. The molecule has 16 heteroatoms. The van der Waals surface area contributed by atoms with Crippen molar-refractivity contribution in [2.75, 3.05) is 20.3 Å². The first-order valence-corrected chi connectivity index (χ1v) is 16.6. The van der Waals surface area contributed by atoms with Crippen molar-refractivity contribution < 1.29 is 45.4 Å². The summed E-state index contributed by atoms with van der Waals surface area (Å²) in [6, 6.07) is 11.4. The normalized spacial score (nSPS) is 18.0. The molecule has 2 fully saturated rings. The number of cyclic esters (lactones) is 1. The summed E-state index contributed by atoms with van der Waals surface area (Å²) in [4.78, 5) is 40.7. The van der Waals surface area contributed by atoms with E-state index in [1.807, 2.05) is 0 Å². The summed E-state index contributed by atoms with van der Waals surface area (Å²) in [5.74, 6) is -5.27.